The minimum absolute atomic E-state index is 0.827. The van der Waals surface area contributed by atoms with E-state index in [4.69, 9.17) is 5.73 Å². The van der Waals surface area contributed by atoms with Gasteiger partial charge in [-0.3, -0.25) is 4.98 Å². The molecule has 0 saturated heterocycles. The average molecular weight is 289 g/mol. The van der Waals surface area contributed by atoms with Gasteiger partial charge in [-0.15, -0.1) is 23.1 Å². The molecule has 0 saturated carbocycles. The van der Waals surface area contributed by atoms with E-state index in [1.807, 2.05) is 23.5 Å². The van der Waals surface area contributed by atoms with Crippen molar-refractivity contribution < 1.29 is 0 Å². The van der Waals surface area contributed by atoms with Crippen molar-refractivity contribution in [3.8, 4) is 0 Å². The van der Waals surface area contributed by atoms with E-state index in [-0.39, 0.29) is 0 Å². The summed E-state index contributed by atoms with van der Waals surface area (Å²) in [6, 6.07) is 6.29. The summed E-state index contributed by atoms with van der Waals surface area (Å²) < 4.78 is 2.24. The maximum Gasteiger partial charge on any atom is 0.0794 e. The fraction of sp³-hybridized carbons (Fsp3) is 0.214. The van der Waals surface area contributed by atoms with E-state index in [0.29, 0.717) is 0 Å². The molecule has 0 bridgehead atoms. The Morgan fingerprint density at radius 1 is 1.42 bits per heavy atom. The molecule has 0 spiro atoms. The smallest absolute Gasteiger partial charge is 0.0794 e. The number of thioether (sulfide) groups is 1. The highest BCUT2D eigenvalue weighted by Gasteiger charge is 2.08. The lowest BCUT2D eigenvalue weighted by molar-refractivity contribution is 0.849. The quantitative estimate of drug-likeness (QED) is 0.586. The third-order valence-corrected chi connectivity index (χ3v) is 4.68. The van der Waals surface area contributed by atoms with Gasteiger partial charge in [0.1, 0.15) is 0 Å². The standard InChI is InChI=1S/C14H15N3S2/c1-2-18-14-6-10(15)5-13-12(14)3-4-17(13)8-11-7-16-9-19-11/h3-7,9H,2,8,15H2,1H3. The molecular weight excluding hydrogens is 274 g/mol. The molecule has 0 aliphatic carbocycles. The van der Waals surface area contributed by atoms with Crippen LogP contribution in [-0.4, -0.2) is 15.3 Å². The molecule has 0 aliphatic heterocycles. The number of rotatable bonds is 4. The second-order valence-corrected chi connectivity index (χ2v) is 6.57. The van der Waals surface area contributed by atoms with Gasteiger partial charge in [0.2, 0.25) is 0 Å². The van der Waals surface area contributed by atoms with Gasteiger partial charge in [0.15, 0.2) is 0 Å². The lowest BCUT2D eigenvalue weighted by Crippen LogP contribution is -1.96. The second-order valence-electron chi connectivity index (χ2n) is 4.30. The monoisotopic (exact) mass is 289 g/mol. The number of fused-ring (bicyclic) bond motifs is 1. The first-order valence-corrected chi connectivity index (χ1v) is 8.03. The van der Waals surface area contributed by atoms with Crippen LogP contribution in [0.2, 0.25) is 0 Å². The maximum atomic E-state index is 6.02. The third kappa shape index (κ3) is 2.48. The number of anilines is 1. The SMILES string of the molecule is CCSc1cc(N)cc2c1ccn2Cc1cncs1. The molecule has 2 heterocycles. The van der Waals surface area contributed by atoms with Crippen molar-refractivity contribution in [2.45, 2.75) is 18.4 Å². The fourth-order valence-corrected chi connectivity index (χ4v) is 3.63. The van der Waals surface area contributed by atoms with E-state index in [0.717, 1.165) is 18.0 Å². The highest BCUT2D eigenvalue weighted by Crippen LogP contribution is 2.31. The van der Waals surface area contributed by atoms with Gasteiger partial charge in [-0.25, -0.2) is 0 Å². The normalized spacial score (nSPS) is 11.2. The summed E-state index contributed by atoms with van der Waals surface area (Å²) in [7, 11) is 0. The maximum absolute atomic E-state index is 6.02. The van der Waals surface area contributed by atoms with Crippen LogP contribution in [0.5, 0.6) is 0 Å². The van der Waals surface area contributed by atoms with Crippen LogP contribution in [0.15, 0.2) is 41.0 Å². The van der Waals surface area contributed by atoms with Crippen LogP contribution < -0.4 is 5.73 Å². The molecule has 0 atom stereocenters. The summed E-state index contributed by atoms with van der Waals surface area (Å²) in [5.41, 5.74) is 9.91. The van der Waals surface area contributed by atoms with Crippen molar-refractivity contribution in [2.75, 3.05) is 11.5 Å². The molecule has 98 valence electrons. The zero-order chi connectivity index (χ0) is 13.2. The predicted molar refractivity (Wildman–Crippen MR) is 84.0 cm³/mol. The average Bonchev–Trinajstić information content (AvgIpc) is 3.01. The summed E-state index contributed by atoms with van der Waals surface area (Å²) in [6.07, 6.45) is 4.05. The Morgan fingerprint density at radius 2 is 2.32 bits per heavy atom. The minimum atomic E-state index is 0.827. The molecule has 5 heteroatoms. The van der Waals surface area contributed by atoms with Gasteiger partial charge < -0.3 is 10.3 Å². The molecule has 3 aromatic rings. The van der Waals surface area contributed by atoms with Crippen LogP contribution in [0.1, 0.15) is 11.8 Å². The summed E-state index contributed by atoms with van der Waals surface area (Å²) in [5.74, 6) is 1.05. The zero-order valence-electron chi connectivity index (χ0n) is 10.7. The molecule has 0 fully saturated rings. The Bertz CT molecular complexity index is 686. The van der Waals surface area contributed by atoms with Crippen molar-refractivity contribution in [3.63, 3.8) is 0 Å². The Kier molecular flexibility index (Phi) is 3.48. The Hall–Kier alpha value is -1.46. The van der Waals surface area contributed by atoms with Crippen LogP contribution in [0.25, 0.3) is 10.9 Å². The van der Waals surface area contributed by atoms with E-state index in [1.165, 1.54) is 20.7 Å². The van der Waals surface area contributed by atoms with E-state index in [9.17, 15) is 0 Å². The molecule has 19 heavy (non-hydrogen) atoms. The van der Waals surface area contributed by atoms with Crippen LogP contribution in [0.3, 0.4) is 0 Å². The third-order valence-electron chi connectivity index (χ3n) is 2.98. The van der Waals surface area contributed by atoms with Gasteiger partial charge in [-0.1, -0.05) is 6.92 Å². The zero-order valence-corrected chi connectivity index (χ0v) is 12.3. The summed E-state index contributed by atoms with van der Waals surface area (Å²) in [5, 5.41) is 1.28. The Morgan fingerprint density at radius 3 is 3.05 bits per heavy atom. The van der Waals surface area contributed by atoms with Crippen LogP contribution in [0.4, 0.5) is 5.69 Å². The van der Waals surface area contributed by atoms with Crippen molar-refractivity contribution in [2.24, 2.45) is 0 Å². The van der Waals surface area contributed by atoms with Crippen molar-refractivity contribution in [3.05, 3.63) is 41.0 Å². The highest BCUT2D eigenvalue weighted by atomic mass is 32.2. The van der Waals surface area contributed by atoms with Crippen LogP contribution in [-0.2, 0) is 6.54 Å². The summed E-state index contributed by atoms with van der Waals surface area (Å²) >= 11 is 3.52. The minimum Gasteiger partial charge on any atom is -0.399 e. The van der Waals surface area contributed by atoms with Gasteiger partial charge >= 0.3 is 0 Å². The number of nitrogens with zero attached hydrogens (tertiary/aromatic N) is 2. The number of aromatic nitrogens is 2. The van der Waals surface area contributed by atoms with Gasteiger partial charge in [-0.05, 0) is 24.0 Å². The first-order chi connectivity index (χ1) is 9.28. The number of thiazole rings is 1. The van der Waals surface area contributed by atoms with E-state index < -0.39 is 0 Å². The van der Waals surface area contributed by atoms with Crippen molar-refractivity contribution >= 4 is 39.7 Å². The lowest BCUT2D eigenvalue weighted by Gasteiger charge is -2.07. The van der Waals surface area contributed by atoms with Gasteiger partial charge in [0.25, 0.3) is 0 Å². The molecule has 3 nitrogen and oxygen atoms in total. The molecule has 2 N–H and O–H groups in total. The number of nitrogens with two attached hydrogens (primary N) is 1. The van der Waals surface area contributed by atoms with Gasteiger partial charge in [0, 0.05) is 33.2 Å². The van der Waals surface area contributed by atoms with E-state index >= 15 is 0 Å². The first-order valence-electron chi connectivity index (χ1n) is 6.16. The Labute approximate surface area is 120 Å². The van der Waals surface area contributed by atoms with Crippen molar-refractivity contribution in [1.82, 2.24) is 9.55 Å². The number of hydrogen-bond acceptors (Lipinski definition) is 4. The molecule has 0 aliphatic rings. The summed E-state index contributed by atoms with van der Waals surface area (Å²) in [6.45, 7) is 3.02. The molecule has 1 aromatic carbocycles. The van der Waals surface area contributed by atoms with Gasteiger partial charge in [0.05, 0.1) is 17.6 Å². The molecule has 2 aromatic heterocycles. The predicted octanol–water partition coefficient (Wildman–Crippen LogP) is 3.84. The highest BCUT2D eigenvalue weighted by molar-refractivity contribution is 7.99. The lowest BCUT2D eigenvalue weighted by atomic mass is 10.2. The second kappa shape index (κ2) is 5.27. The van der Waals surface area contributed by atoms with Crippen LogP contribution >= 0.6 is 23.1 Å². The molecule has 3 rings (SSSR count). The van der Waals surface area contributed by atoms with Crippen LogP contribution in [0, 0.1) is 0 Å². The van der Waals surface area contributed by atoms with Gasteiger partial charge in [-0.2, -0.15) is 0 Å². The Balaban J connectivity index is 2.06. The molecule has 0 radical (unpaired) electrons. The first kappa shape index (κ1) is 12.6. The number of nitrogen functional groups attached to an aromatic ring is 1. The summed E-state index contributed by atoms with van der Waals surface area (Å²) in [4.78, 5) is 6.64. The molecular formula is C14H15N3S2. The number of benzene rings is 1. The van der Waals surface area contributed by atoms with Crippen molar-refractivity contribution in [1.29, 1.82) is 0 Å². The van der Waals surface area contributed by atoms with E-state index in [2.05, 4.69) is 40.9 Å². The number of hydrogen-bond donors (Lipinski definition) is 1. The molecule has 0 amide bonds. The van der Waals surface area contributed by atoms with E-state index in [1.54, 1.807) is 11.3 Å². The fourth-order valence-electron chi connectivity index (χ4n) is 2.18. The molecule has 0 unspecified atom stereocenters. The largest absolute Gasteiger partial charge is 0.399 e. The topological polar surface area (TPSA) is 43.8 Å².